The molecule has 0 saturated heterocycles. The monoisotopic (exact) mass is 701 g/mol. The zero-order valence-corrected chi connectivity index (χ0v) is 33.3. The van der Waals surface area contributed by atoms with Gasteiger partial charge in [0.2, 0.25) is 5.91 Å². The third-order valence-electron chi connectivity index (χ3n) is 15.2. The van der Waals surface area contributed by atoms with Crippen molar-refractivity contribution in [3.63, 3.8) is 0 Å². The maximum Gasteiger partial charge on any atom is 0.306 e. The Morgan fingerprint density at radius 2 is 1.42 bits per heavy atom. The number of carbonyl (C=O) groups is 2. The Labute approximate surface area is 308 Å². The van der Waals surface area contributed by atoms with E-state index in [4.69, 9.17) is 10.5 Å². The molecule has 0 aromatic carbocycles. The number of hydrogen-bond acceptors (Lipinski definition) is 5. The number of carbonyl (C=O) groups excluding carboxylic acids is 2. The third-order valence-corrected chi connectivity index (χ3v) is 15.2. The molecule has 6 nitrogen and oxygen atoms in total. The van der Waals surface area contributed by atoms with Gasteiger partial charge in [-0.25, -0.2) is 0 Å². The highest BCUT2D eigenvalue weighted by molar-refractivity contribution is 5.75. The molecule has 4 rings (SSSR count). The average molecular weight is 701 g/mol. The highest BCUT2D eigenvalue weighted by Crippen LogP contribution is 2.69. The van der Waals surface area contributed by atoms with Crippen molar-refractivity contribution in [2.75, 3.05) is 13.1 Å². The Kier molecular flexibility index (Phi) is 16.9. The molecule has 0 aromatic heterocycles. The van der Waals surface area contributed by atoms with Crippen molar-refractivity contribution >= 4 is 11.9 Å². The van der Waals surface area contributed by atoms with Crippen molar-refractivity contribution in [1.29, 1.82) is 0 Å². The van der Waals surface area contributed by atoms with Crippen LogP contribution in [0.15, 0.2) is 0 Å². The highest BCUT2D eigenvalue weighted by Gasteiger charge is 2.65. The van der Waals surface area contributed by atoms with E-state index < -0.39 is 0 Å². The zero-order chi connectivity index (χ0) is 36.1. The van der Waals surface area contributed by atoms with Crippen LogP contribution < -0.4 is 11.1 Å². The van der Waals surface area contributed by atoms with Crippen molar-refractivity contribution in [2.24, 2.45) is 58.0 Å². The Morgan fingerprint density at radius 3 is 2.06 bits per heavy atom. The Hall–Kier alpha value is -1.14. The number of rotatable bonds is 22. The lowest BCUT2D eigenvalue weighted by Crippen LogP contribution is -2.62. The topological polar surface area (TPSA) is 102 Å². The van der Waals surface area contributed by atoms with Crippen molar-refractivity contribution in [3.05, 3.63) is 0 Å². The van der Waals surface area contributed by atoms with E-state index in [9.17, 15) is 14.7 Å². The van der Waals surface area contributed by atoms with Crippen molar-refractivity contribution in [3.8, 4) is 0 Å². The maximum atomic E-state index is 12.8. The molecule has 290 valence electrons. The molecule has 50 heavy (non-hydrogen) atoms. The van der Waals surface area contributed by atoms with Gasteiger partial charge in [0.05, 0.1) is 6.10 Å². The van der Waals surface area contributed by atoms with Gasteiger partial charge < -0.3 is 20.9 Å². The lowest BCUT2D eigenvalue weighted by Gasteiger charge is -2.65. The van der Waals surface area contributed by atoms with E-state index in [0.29, 0.717) is 61.3 Å². The minimum absolute atomic E-state index is 0.0246. The first-order valence-corrected chi connectivity index (χ1v) is 21.9. The number of ether oxygens (including phenoxy) is 1. The molecule has 0 aliphatic heterocycles. The first kappa shape index (κ1) is 41.6. The highest BCUT2D eigenvalue weighted by atomic mass is 16.5. The second-order valence-corrected chi connectivity index (χ2v) is 18.2. The molecule has 4 aliphatic carbocycles. The molecule has 4 aliphatic rings. The van der Waals surface area contributed by atoms with E-state index in [1.807, 2.05) is 0 Å². The molecule has 4 saturated carbocycles. The summed E-state index contributed by atoms with van der Waals surface area (Å²) >= 11 is 0. The minimum Gasteiger partial charge on any atom is -0.462 e. The van der Waals surface area contributed by atoms with E-state index in [0.717, 1.165) is 45.1 Å². The van der Waals surface area contributed by atoms with Gasteiger partial charge in [0.1, 0.15) is 6.10 Å². The van der Waals surface area contributed by atoms with Crippen molar-refractivity contribution in [2.45, 2.75) is 201 Å². The molecule has 4 fully saturated rings. The number of nitrogens with two attached hydrogens (primary N) is 1. The summed E-state index contributed by atoms with van der Waals surface area (Å²) in [5.41, 5.74) is 6.06. The number of nitrogens with one attached hydrogen (secondary N) is 1. The number of esters is 1. The van der Waals surface area contributed by atoms with Crippen LogP contribution in [0.1, 0.15) is 189 Å². The number of aliphatic hydroxyl groups is 1. The number of fused-ring (bicyclic) bond motifs is 5. The summed E-state index contributed by atoms with van der Waals surface area (Å²) in [6, 6.07) is 0. The van der Waals surface area contributed by atoms with Gasteiger partial charge in [-0.1, -0.05) is 112 Å². The van der Waals surface area contributed by atoms with Crippen LogP contribution in [0, 0.1) is 52.3 Å². The van der Waals surface area contributed by atoms with E-state index in [2.05, 4.69) is 39.9 Å². The molecule has 4 N–H and O–H groups in total. The van der Waals surface area contributed by atoms with Crippen LogP contribution >= 0.6 is 0 Å². The summed E-state index contributed by atoms with van der Waals surface area (Å²) in [5.74, 6) is 3.39. The molecular weight excluding hydrogens is 620 g/mol. The first-order chi connectivity index (χ1) is 24.1. The van der Waals surface area contributed by atoms with Crippen LogP contribution in [0.5, 0.6) is 0 Å². The van der Waals surface area contributed by atoms with Crippen LogP contribution in [0.25, 0.3) is 0 Å². The van der Waals surface area contributed by atoms with Crippen molar-refractivity contribution in [1.82, 2.24) is 5.32 Å². The predicted octanol–water partition coefficient (Wildman–Crippen LogP) is 10.1. The number of hydrogen-bond donors (Lipinski definition) is 3. The Balaban J connectivity index is 1.20. The molecule has 1 amide bonds. The number of amides is 1. The SMILES string of the molecule is CCCCCCCCCCCCCCNC(=O)CC[C@@H](C)[C@H]1CC[C@H]2[C@@H]3[C@H](O)[C@H](CC)[C@@H]4C[C@H](OC(=O)CCCN)CC[C@]4(C)[C@H]3CC[C@]12C. The van der Waals surface area contributed by atoms with Crippen LogP contribution in [0.2, 0.25) is 0 Å². The summed E-state index contributed by atoms with van der Waals surface area (Å²) in [7, 11) is 0. The fraction of sp³-hybridized carbons (Fsp3) is 0.955. The maximum absolute atomic E-state index is 12.8. The summed E-state index contributed by atoms with van der Waals surface area (Å²) in [6.07, 6.45) is 27.3. The van der Waals surface area contributed by atoms with Gasteiger partial charge >= 0.3 is 5.97 Å². The fourth-order valence-electron chi connectivity index (χ4n) is 12.4. The van der Waals surface area contributed by atoms with E-state index in [-0.39, 0.29) is 40.8 Å². The summed E-state index contributed by atoms with van der Waals surface area (Å²) in [6.45, 7) is 13.4. The van der Waals surface area contributed by atoms with Gasteiger partial charge in [-0.3, -0.25) is 9.59 Å². The van der Waals surface area contributed by atoms with Gasteiger partial charge in [0.25, 0.3) is 0 Å². The Morgan fingerprint density at radius 1 is 0.800 bits per heavy atom. The largest absolute Gasteiger partial charge is 0.462 e. The normalized spacial score (nSPS) is 35.5. The van der Waals surface area contributed by atoms with Crippen molar-refractivity contribution < 1.29 is 19.4 Å². The van der Waals surface area contributed by atoms with E-state index >= 15 is 0 Å². The van der Waals surface area contributed by atoms with Gasteiger partial charge in [0.15, 0.2) is 0 Å². The van der Waals surface area contributed by atoms with Gasteiger partial charge in [0, 0.05) is 19.4 Å². The third kappa shape index (κ3) is 10.3. The zero-order valence-electron chi connectivity index (χ0n) is 33.3. The van der Waals surface area contributed by atoms with Crippen LogP contribution in [0.3, 0.4) is 0 Å². The smallest absolute Gasteiger partial charge is 0.306 e. The minimum atomic E-state index is -0.278. The lowest BCUT2D eigenvalue weighted by molar-refractivity contribution is -0.207. The standard InChI is InChI=1S/C44H80N2O4/c1-6-8-9-10-11-12-13-14-15-16-17-18-30-46-39(47)24-21-32(3)35-22-23-36-41-37(26-28-43(35,36)4)44(5)27-25-33(50-40(48)20-19-29-45)31-38(44)34(7-2)42(41)49/h32-38,41-42,49H,6-31,45H2,1-5H3,(H,46,47)/t32-,33-,34-,35-,36+,37+,38+,41+,42-,43-,44-/m1/s1. The van der Waals surface area contributed by atoms with Gasteiger partial charge in [-0.05, 0) is 123 Å². The first-order valence-electron chi connectivity index (χ1n) is 21.9. The van der Waals surface area contributed by atoms with Gasteiger partial charge in [-0.2, -0.15) is 0 Å². The molecule has 0 spiro atoms. The quantitative estimate of drug-likeness (QED) is 0.0771. The molecule has 6 heteroatoms. The summed E-state index contributed by atoms with van der Waals surface area (Å²) < 4.78 is 5.98. The number of aliphatic hydroxyl groups excluding tert-OH is 1. The van der Waals surface area contributed by atoms with Crippen LogP contribution in [0.4, 0.5) is 0 Å². The average Bonchev–Trinajstić information content (AvgIpc) is 3.46. The second-order valence-electron chi connectivity index (χ2n) is 18.2. The molecule has 0 heterocycles. The predicted molar refractivity (Wildman–Crippen MR) is 206 cm³/mol. The molecule has 0 aromatic rings. The molecular formula is C44H80N2O4. The second kappa shape index (κ2) is 20.4. The molecule has 0 radical (unpaired) electrons. The van der Waals surface area contributed by atoms with E-state index in [1.54, 1.807) is 0 Å². The van der Waals surface area contributed by atoms with Crippen LogP contribution in [-0.2, 0) is 14.3 Å². The van der Waals surface area contributed by atoms with Gasteiger partial charge in [-0.15, -0.1) is 0 Å². The summed E-state index contributed by atoms with van der Waals surface area (Å²) in [5, 5.41) is 15.4. The number of unbranched alkanes of at least 4 members (excludes halogenated alkanes) is 11. The lowest BCUT2D eigenvalue weighted by atomic mass is 9.41. The molecule has 0 bridgehead atoms. The molecule has 0 unspecified atom stereocenters. The van der Waals surface area contributed by atoms with E-state index in [1.165, 1.54) is 96.3 Å². The van der Waals surface area contributed by atoms with Crippen LogP contribution in [-0.4, -0.2) is 42.3 Å². The fourth-order valence-corrected chi connectivity index (χ4v) is 12.4. The molecule has 11 atom stereocenters. The summed E-state index contributed by atoms with van der Waals surface area (Å²) in [4.78, 5) is 25.3. The Bertz CT molecular complexity index is 1020.